The van der Waals surface area contributed by atoms with Crippen molar-refractivity contribution in [2.75, 3.05) is 13.2 Å². The highest BCUT2D eigenvalue weighted by Crippen LogP contribution is 2.21. The van der Waals surface area contributed by atoms with Gasteiger partial charge in [0.25, 0.3) is 0 Å². The molecule has 0 aromatic heterocycles. The fourth-order valence-corrected chi connectivity index (χ4v) is 1.06. The van der Waals surface area contributed by atoms with E-state index in [1.54, 1.807) is 12.1 Å². The molecule has 1 unspecified atom stereocenters. The topological polar surface area (TPSA) is 69.9 Å². The molecule has 0 fully saturated rings. The highest BCUT2D eigenvalue weighted by molar-refractivity contribution is 5.36. The molecule has 0 saturated heterocycles. The van der Waals surface area contributed by atoms with E-state index in [1.807, 2.05) is 6.92 Å². The number of aromatic hydroxyl groups is 1. The molecule has 0 spiro atoms. The molecule has 0 bridgehead atoms. The van der Waals surface area contributed by atoms with Crippen molar-refractivity contribution in [1.82, 2.24) is 0 Å². The van der Waals surface area contributed by atoms with Gasteiger partial charge in [-0.25, -0.2) is 0 Å². The van der Waals surface area contributed by atoms with Gasteiger partial charge < -0.3 is 20.1 Å². The summed E-state index contributed by atoms with van der Waals surface area (Å²) < 4.78 is 5.15. The molecule has 1 atom stereocenters. The van der Waals surface area contributed by atoms with E-state index in [2.05, 4.69) is 0 Å². The van der Waals surface area contributed by atoms with E-state index in [1.165, 1.54) is 6.07 Å². The quantitative estimate of drug-likeness (QED) is 0.656. The third kappa shape index (κ3) is 3.24. The summed E-state index contributed by atoms with van der Waals surface area (Å²) in [6.45, 7) is 1.51. The molecule has 14 heavy (non-hydrogen) atoms. The summed E-state index contributed by atoms with van der Waals surface area (Å²) in [6.07, 6.45) is -0.891. The van der Waals surface area contributed by atoms with Crippen molar-refractivity contribution in [3.8, 4) is 11.5 Å². The Morgan fingerprint density at radius 1 is 1.36 bits per heavy atom. The first kappa shape index (κ1) is 10.8. The molecule has 0 amide bonds. The molecule has 0 radical (unpaired) electrons. The Morgan fingerprint density at radius 3 is 2.64 bits per heavy atom. The maximum atomic E-state index is 9.22. The Balaban J connectivity index is 2.58. The van der Waals surface area contributed by atoms with E-state index >= 15 is 0 Å². The van der Waals surface area contributed by atoms with Crippen molar-refractivity contribution in [3.05, 3.63) is 23.8 Å². The standard InChI is InChI=1S/C10H14O4/c1-7-2-8(12)4-10(3-7)14-6-9(13)5-11/h2-4,9,11-13H,5-6H2,1H3. The molecule has 0 aliphatic heterocycles. The van der Waals surface area contributed by atoms with Crippen LogP contribution >= 0.6 is 0 Å². The molecule has 0 heterocycles. The Hall–Kier alpha value is -1.26. The van der Waals surface area contributed by atoms with E-state index in [4.69, 9.17) is 14.9 Å². The third-order valence-corrected chi connectivity index (χ3v) is 1.69. The zero-order chi connectivity index (χ0) is 10.6. The number of aliphatic hydroxyl groups excluding tert-OH is 2. The van der Waals surface area contributed by atoms with Crippen molar-refractivity contribution in [1.29, 1.82) is 0 Å². The van der Waals surface area contributed by atoms with Crippen molar-refractivity contribution >= 4 is 0 Å². The van der Waals surface area contributed by atoms with Crippen LogP contribution in [0.15, 0.2) is 18.2 Å². The molecule has 1 rings (SSSR count). The Kier molecular flexibility index (Phi) is 3.73. The van der Waals surface area contributed by atoms with E-state index in [9.17, 15) is 5.11 Å². The van der Waals surface area contributed by atoms with Crippen LogP contribution < -0.4 is 4.74 Å². The second kappa shape index (κ2) is 4.83. The Labute approximate surface area is 82.4 Å². The number of phenolic OH excluding ortho intramolecular Hbond substituents is 1. The first-order valence-corrected chi connectivity index (χ1v) is 4.34. The molecule has 78 valence electrons. The number of hydrogen-bond donors (Lipinski definition) is 3. The number of benzene rings is 1. The van der Waals surface area contributed by atoms with Crippen LogP contribution in [0, 0.1) is 6.92 Å². The van der Waals surface area contributed by atoms with Gasteiger partial charge in [-0.15, -0.1) is 0 Å². The largest absolute Gasteiger partial charge is 0.508 e. The SMILES string of the molecule is Cc1cc(O)cc(OCC(O)CO)c1. The minimum Gasteiger partial charge on any atom is -0.508 e. The molecule has 0 aliphatic rings. The molecule has 0 aliphatic carbocycles. The van der Waals surface area contributed by atoms with Gasteiger partial charge in [-0.2, -0.15) is 0 Å². The Bertz CT molecular complexity index is 278. The molecular weight excluding hydrogens is 184 g/mol. The molecule has 3 N–H and O–H groups in total. The summed E-state index contributed by atoms with van der Waals surface area (Å²) in [5.74, 6) is 0.605. The molecule has 1 aromatic carbocycles. The molecule has 0 saturated carbocycles. The predicted octanol–water partition coefficient (Wildman–Crippen LogP) is 0.433. The second-order valence-electron chi connectivity index (χ2n) is 3.15. The summed E-state index contributed by atoms with van der Waals surface area (Å²) in [6, 6.07) is 4.80. The predicted molar refractivity (Wildman–Crippen MR) is 51.4 cm³/mol. The van der Waals surface area contributed by atoms with Gasteiger partial charge in [-0.3, -0.25) is 0 Å². The maximum Gasteiger partial charge on any atom is 0.123 e. The number of hydrogen-bond acceptors (Lipinski definition) is 4. The van der Waals surface area contributed by atoms with Crippen molar-refractivity contribution in [2.24, 2.45) is 0 Å². The van der Waals surface area contributed by atoms with Crippen LogP contribution in [-0.2, 0) is 0 Å². The normalized spacial score (nSPS) is 12.5. The van der Waals surface area contributed by atoms with Gasteiger partial charge in [-0.1, -0.05) is 0 Å². The van der Waals surface area contributed by atoms with Gasteiger partial charge in [-0.05, 0) is 24.6 Å². The number of ether oxygens (including phenoxy) is 1. The zero-order valence-corrected chi connectivity index (χ0v) is 7.97. The van der Waals surface area contributed by atoms with Crippen LogP contribution in [0.25, 0.3) is 0 Å². The lowest BCUT2D eigenvalue weighted by molar-refractivity contribution is 0.0535. The molecule has 4 nitrogen and oxygen atoms in total. The lowest BCUT2D eigenvalue weighted by atomic mass is 10.2. The second-order valence-corrected chi connectivity index (χ2v) is 3.15. The number of aryl methyl sites for hydroxylation is 1. The Morgan fingerprint density at radius 2 is 2.07 bits per heavy atom. The van der Waals surface area contributed by atoms with Crippen molar-refractivity contribution < 1.29 is 20.1 Å². The minimum atomic E-state index is -0.891. The summed E-state index contributed by atoms with van der Waals surface area (Å²) in [5, 5.41) is 26.8. The zero-order valence-electron chi connectivity index (χ0n) is 7.97. The fraction of sp³-hybridized carbons (Fsp3) is 0.400. The summed E-state index contributed by atoms with van der Waals surface area (Å²) >= 11 is 0. The lowest BCUT2D eigenvalue weighted by Crippen LogP contribution is -2.21. The third-order valence-electron chi connectivity index (χ3n) is 1.69. The van der Waals surface area contributed by atoms with Crippen LogP contribution in [0.3, 0.4) is 0 Å². The van der Waals surface area contributed by atoms with Crippen LogP contribution in [-0.4, -0.2) is 34.6 Å². The van der Waals surface area contributed by atoms with Gasteiger partial charge in [0, 0.05) is 6.07 Å². The van der Waals surface area contributed by atoms with Crippen LogP contribution in [0.5, 0.6) is 11.5 Å². The van der Waals surface area contributed by atoms with Crippen LogP contribution in [0.4, 0.5) is 0 Å². The van der Waals surface area contributed by atoms with E-state index < -0.39 is 6.10 Å². The van der Waals surface area contributed by atoms with E-state index in [0.29, 0.717) is 5.75 Å². The molecule has 4 heteroatoms. The summed E-state index contributed by atoms with van der Waals surface area (Å²) in [7, 11) is 0. The first-order valence-electron chi connectivity index (χ1n) is 4.34. The van der Waals surface area contributed by atoms with Crippen LogP contribution in [0.2, 0.25) is 0 Å². The van der Waals surface area contributed by atoms with Gasteiger partial charge in [0.1, 0.15) is 24.2 Å². The lowest BCUT2D eigenvalue weighted by Gasteiger charge is -2.10. The smallest absolute Gasteiger partial charge is 0.123 e. The average molecular weight is 198 g/mol. The van der Waals surface area contributed by atoms with Crippen LogP contribution in [0.1, 0.15) is 5.56 Å². The monoisotopic (exact) mass is 198 g/mol. The first-order chi connectivity index (χ1) is 6.61. The van der Waals surface area contributed by atoms with Gasteiger partial charge in [0.15, 0.2) is 0 Å². The number of rotatable bonds is 4. The number of phenols is 1. The fourth-order valence-electron chi connectivity index (χ4n) is 1.06. The number of aliphatic hydroxyl groups is 2. The van der Waals surface area contributed by atoms with E-state index in [0.717, 1.165) is 5.56 Å². The van der Waals surface area contributed by atoms with Gasteiger partial charge in [0.2, 0.25) is 0 Å². The molecular formula is C10H14O4. The van der Waals surface area contributed by atoms with E-state index in [-0.39, 0.29) is 19.0 Å². The summed E-state index contributed by atoms with van der Waals surface area (Å²) in [5.41, 5.74) is 0.874. The average Bonchev–Trinajstić information content (AvgIpc) is 2.12. The molecule has 1 aromatic rings. The van der Waals surface area contributed by atoms with Crippen molar-refractivity contribution in [3.63, 3.8) is 0 Å². The summed E-state index contributed by atoms with van der Waals surface area (Å²) in [4.78, 5) is 0. The highest BCUT2D eigenvalue weighted by atomic mass is 16.5. The minimum absolute atomic E-state index is 0.0133. The van der Waals surface area contributed by atoms with Gasteiger partial charge >= 0.3 is 0 Å². The van der Waals surface area contributed by atoms with Crippen molar-refractivity contribution in [2.45, 2.75) is 13.0 Å². The van der Waals surface area contributed by atoms with Gasteiger partial charge in [0.05, 0.1) is 6.61 Å². The maximum absolute atomic E-state index is 9.22. The highest BCUT2D eigenvalue weighted by Gasteiger charge is 2.04.